The molecule has 198 valence electrons. The normalized spacial score (nSPS) is 12.2. The number of aromatic nitrogens is 2. The Morgan fingerprint density at radius 3 is 1.94 bits per heavy atom. The van der Waals surface area contributed by atoms with E-state index in [2.05, 4.69) is 96.5 Å². The summed E-state index contributed by atoms with van der Waals surface area (Å²) in [5.41, 5.74) is 4.03. The van der Waals surface area contributed by atoms with Gasteiger partial charge in [-0.1, -0.05) is 102 Å². The molecule has 36 heavy (non-hydrogen) atoms. The molecule has 2 heterocycles. The monoisotopic (exact) mass is 490 g/mol. The number of hydrogen-bond donors (Lipinski definition) is 0. The fraction of sp³-hybridized carbons (Fsp3) is 0.438. The molecule has 0 atom stereocenters. The molecule has 0 saturated carbocycles. The molecular formula is C32H50N4. The summed E-state index contributed by atoms with van der Waals surface area (Å²) in [6, 6.07) is 21.5. The van der Waals surface area contributed by atoms with E-state index >= 15 is 0 Å². The van der Waals surface area contributed by atoms with Crippen LogP contribution in [0.15, 0.2) is 80.0 Å². The molecule has 0 bridgehead atoms. The van der Waals surface area contributed by atoms with Crippen LogP contribution in [0.5, 0.6) is 0 Å². The van der Waals surface area contributed by atoms with Crippen molar-refractivity contribution < 1.29 is 0 Å². The summed E-state index contributed by atoms with van der Waals surface area (Å²) in [6.07, 6.45) is 4.18. The van der Waals surface area contributed by atoms with Crippen LogP contribution in [0.1, 0.15) is 77.0 Å². The Balaban J connectivity index is 0.00000140. The smallest absolute Gasteiger partial charge is 0.227 e. The first-order chi connectivity index (χ1) is 17.7. The van der Waals surface area contributed by atoms with Gasteiger partial charge in [-0.25, -0.2) is 4.98 Å². The van der Waals surface area contributed by atoms with Crippen molar-refractivity contribution in [3.63, 3.8) is 0 Å². The van der Waals surface area contributed by atoms with Crippen molar-refractivity contribution in [3.05, 3.63) is 96.7 Å². The summed E-state index contributed by atoms with van der Waals surface area (Å²) in [7, 11) is 2.09. The molecule has 1 fully saturated rings. The van der Waals surface area contributed by atoms with Crippen LogP contribution >= 0.6 is 0 Å². The molecule has 1 aromatic heterocycles. The maximum Gasteiger partial charge on any atom is 0.227 e. The van der Waals surface area contributed by atoms with E-state index in [0.29, 0.717) is 5.92 Å². The van der Waals surface area contributed by atoms with Gasteiger partial charge in [0.15, 0.2) is 0 Å². The van der Waals surface area contributed by atoms with Gasteiger partial charge in [0, 0.05) is 32.9 Å². The lowest BCUT2D eigenvalue weighted by atomic mass is 9.90. The first kappa shape index (κ1) is 32.9. The highest BCUT2D eigenvalue weighted by Crippen LogP contribution is 2.29. The lowest BCUT2D eigenvalue weighted by molar-refractivity contribution is 0.499. The van der Waals surface area contributed by atoms with E-state index < -0.39 is 0 Å². The molecule has 0 unspecified atom stereocenters. The zero-order valence-corrected chi connectivity index (χ0v) is 24.2. The van der Waals surface area contributed by atoms with Gasteiger partial charge in [-0.2, -0.15) is 4.98 Å². The zero-order valence-electron chi connectivity index (χ0n) is 24.2. The first-order valence-electron chi connectivity index (χ1n) is 13.6. The average molecular weight is 491 g/mol. The van der Waals surface area contributed by atoms with Crippen molar-refractivity contribution in [1.29, 1.82) is 0 Å². The van der Waals surface area contributed by atoms with Crippen LogP contribution < -0.4 is 9.80 Å². The Kier molecular flexibility index (Phi) is 18.3. The van der Waals surface area contributed by atoms with E-state index in [9.17, 15) is 0 Å². The van der Waals surface area contributed by atoms with Gasteiger partial charge in [0.05, 0.1) is 0 Å². The minimum Gasteiger partial charge on any atom is -0.355 e. The number of anilines is 2. The minimum atomic E-state index is 0.643. The predicted octanol–water partition coefficient (Wildman–Crippen LogP) is 8.69. The summed E-state index contributed by atoms with van der Waals surface area (Å²) in [5.74, 6) is 2.46. The van der Waals surface area contributed by atoms with Crippen LogP contribution in [0.4, 0.5) is 11.8 Å². The van der Waals surface area contributed by atoms with Gasteiger partial charge in [-0.05, 0) is 42.9 Å². The van der Waals surface area contributed by atoms with Gasteiger partial charge in [0.2, 0.25) is 5.95 Å². The van der Waals surface area contributed by atoms with Crippen molar-refractivity contribution >= 4 is 11.8 Å². The summed E-state index contributed by atoms with van der Waals surface area (Å²) < 4.78 is 0. The average Bonchev–Trinajstić information content (AvgIpc) is 2.99. The Morgan fingerprint density at radius 1 is 0.833 bits per heavy atom. The van der Waals surface area contributed by atoms with Crippen molar-refractivity contribution in [2.75, 3.05) is 29.9 Å². The molecular weight excluding hydrogens is 440 g/mol. The van der Waals surface area contributed by atoms with E-state index in [4.69, 9.17) is 4.98 Å². The topological polar surface area (TPSA) is 32.3 Å². The van der Waals surface area contributed by atoms with E-state index in [-0.39, 0.29) is 0 Å². The molecule has 0 N–H and O–H groups in total. The number of nitrogens with zero attached hydrogens (tertiary/aromatic N) is 4. The summed E-state index contributed by atoms with van der Waals surface area (Å²) in [6.45, 7) is 23.0. The van der Waals surface area contributed by atoms with Crippen LogP contribution in [0.3, 0.4) is 0 Å². The standard InChI is InChI=1S/C24H28N4.3C2H6.C2H4/c1-19-8-10-20(11-9-19)18-27(2)23-12-15-25-24(26-23)28-16-13-22(14-17-28)21-6-4-3-5-7-21;4*1-2/h3-12,15,22H,13-14,16-18H2,1-2H3;3*1-2H3;1-2H2. The van der Waals surface area contributed by atoms with E-state index in [1.165, 1.54) is 16.7 Å². The van der Waals surface area contributed by atoms with Crippen molar-refractivity contribution in [3.8, 4) is 0 Å². The fourth-order valence-corrected chi connectivity index (χ4v) is 3.89. The predicted molar refractivity (Wildman–Crippen MR) is 161 cm³/mol. The molecule has 4 rings (SSSR count). The van der Waals surface area contributed by atoms with Gasteiger partial charge >= 0.3 is 0 Å². The Morgan fingerprint density at radius 2 is 1.39 bits per heavy atom. The third-order valence-corrected chi connectivity index (χ3v) is 5.61. The van der Waals surface area contributed by atoms with Gasteiger partial charge in [-0.3, -0.25) is 0 Å². The molecule has 3 aromatic rings. The van der Waals surface area contributed by atoms with Crippen LogP contribution in [0.25, 0.3) is 0 Å². The van der Waals surface area contributed by atoms with Gasteiger partial charge in [0.1, 0.15) is 5.82 Å². The van der Waals surface area contributed by atoms with Crippen LogP contribution in [-0.2, 0) is 6.54 Å². The minimum absolute atomic E-state index is 0.643. The number of piperidine rings is 1. The molecule has 4 nitrogen and oxygen atoms in total. The third kappa shape index (κ3) is 10.6. The molecule has 2 aromatic carbocycles. The van der Waals surface area contributed by atoms with Crippen molar-refractivity contribution in [2.24, 2.45) is 0 Å². The number of aryl methyl sites for hydroxylation is 1. The highest BCUT2D eigenvalue weighted by molar-refractivity contribution is 5.44. The largest absolute Gasteiger partial charge is 0.355 e. The van der Waals surface area contributed by atoms with E-state index in [1.54, 1.807) is 0 Å². The Hall–Kier alpha value is -3.14. The maximum absolute atomic E-state index is 4.85. The number of rotatable bonds is 5. The molecule has 1 saturated heterocycles. The maximum atomic E-state index is 4.85. The van der Waals surface area contributed by atoms with Crippen LogP contribution in [0, 0.1) is 6.92 Å². The number of benzene rings is 2. The quantitative estimate of drug-likeness (QED) is 0.335. The molecule has 1 aliphatic heterocycles. The highest BCUT2D eigenvalue weighted by atomic mass is 15.3. The highest BCUT2D eigenvalue weighted by Gasteiger charge is 2.22. The second kappa shape index (κ2) is 20.1. The van der Waals surface area contributed by atoms with Crippen molar-refractivity contribution in [1.82, 2.24) is 9.97 Å². The molecule has 0 radical (unpaired) electrons. The van der Waals surface area contributed by atoms with Crippen molar-refractivity contribution in [2.45, 2.75) is 73.8 Å². The Bertz CT molecular complexity index is 901. The molecule has 0 aliphatic carbocycles. The van der Waals surface area contributed by atoms with Gasteiger partial charge < -0.3 is 9.80 Å². The molecule has 1 aliphatic rings. The molecule has 4 heteroatoms. The first-order valence-corrected chi connectivity index (χ1v) is 13.6. The SMILES string of the molecule is C=C.CC.CC.CC.Cc1ccc(CN(C)c2ccnc(N3CCC(c4ccccc4)CC3)n2)cc1. The lowest BCUT2D eigenvalue weighted by Gasteiger charge is -2.32. The third-order valence-electron chi connectivity index (χ3n) is 5.61. The van der Waals surface area contributed by atoms with E-state index in [0.717, 1.165) is 44.2 Å². The van der Waals surface area contributed by atoms with E-state index in [1.807, 2.05) is 53.8 Å². The van der Waals surface area contributed by atoms with Crippen LogP contribution in [0.2, 0.25) is 0 Å². The summed E-state index contributed by atoms with van der Waals surface area (Å²) in [4.78, 5) is 13.9. The second-order valence-electron chi connectivity index (χ2n) is 7.73. The van der Waals surface area contributed by atoms with Gasteiger partial charge in [-0.15, -0.1) is 13.2 Å². The summed E-state index contributed by atoms with van der Waals surface area (Å²) in [5, 5.41) is 0. The Labute approximate surface area is 222 Å². The fourth-order valence-electron chi connectivity index (χ4n) is 3.89. The molecule has 0 spiro atoms. The zero-order chi connectivity index (χ0) is 27.3. The summed E-state index contributed by atoms with van der Waals surface area (Å²) >= 11 is 0. The van der Waals surface area contributed by atoms with Crippen LogP contribution in [-0.4, -0.2) is 30.1 Å². The van der Waals surface area contributed by atoms with Gasteiger partial charge in [0.25, 0.3) is 0 Å². The number of hydrogen-bond acceptors (Lipinski definition) is 4. The molecule has 0 amide bonds. The second-order valence-corrected chi connectivity index (χ2v) is 7.73. The lowest BCUT2D eigenvalue weighted by Crippen LogP contribution is -2.34.